The van der Waals surface area contributed by atoms with Crippen molar-refractivity contribution in [2.75, 3.05) is 11.9 Å². The molecule has 2 aromatic rings. The normalized spacial score (nSPS) is 11.7. The molecule has 1 heterocycles. The molecule has 1 amide bonds. The fourth-order valence-electron chi connectivity index (χ4n) is 3.08. The number of amides is 1. The van der Waals surface area contributed by atoms with Gasteiger partial charge in [-0.1, -0.05) is 13.0 Å². The third kappa shape index (κ3) is 6.71. The molecule has 0 aliphatic carbocycles. The van der Waals surface area contributed by atoms with Crippen molar-refractivity contribution in [3.63, 3.8) is 0 Å². The Morgan fingerprint density at radius 3 is 2.32 bits per heavy atom. The Balaban J connectivity index is 0.00000392. The number of pyridine rings is 1. The number of halogens is 1. The molecule has 28 heavy (non-hydrogen) atoms. The van der Waals surface area contributed by atoms with Crippen LogP contribution in [0.4, 0.5) is 5.69 Å². The third-order valence-electron chi connectivity index (χ3n) is 4.42. The van der Waals surface area contributed by atoms with Crippen LogP contribution in [0, 0.1) is 0 Å². The summed E-state index contributed by atoms with van der Waals surface area (Å²) in [4.78, 5) is 18.8. The highest BCUT2D eigenvalue weighted by Gasteiger charge is 2.21. The van der Waals surface area contributed by atoms with Gasteiger partial charge >= 0.3 is 0 Å². The van der Waals surface area contributed by atoms with E-state index in [9.17, 15) is 4.79 Å². The minimum absolute atomic E-state index is 0. The van der Waals surface area contributed by atoms with Gasteiger partial charge in [-0.15, -0.1) is 12.4 Å². The number of hydrogen-bond acceptors (Lipinski definition) is 4. The Bertz CT molecular complexity index is 715. The number of carbonyl (C=O) groups is 1. The first kappa shape index (κ1) is 23.8. The largest absolute Gasteiger partial charge is 0.491 e. The number of nitrogens with zero attached hydrogens (tertiary/aromatic N) is 2. The van der Waals surface area contributed by atoms with Crippen molar-refractivity contribution in [3.05, 3.63) is 54.4 Å². The van der Waals surface area contributed by atoms with E-state index in [1.165, 1.54) is 0 Å². The molecule has 6 heteroatoms. The highest BCUT2D eigenvalue weighted by Crippen LogP contribution is 2.19. The van der Waals surface area contributed by atoms with E-state index in [0.717, 1.165) is 12.1 Å². The molecule has 0 radical (unpaired) electrons. The van der Waals surface area contributed by atoms with E-state index in [0.29, 0.717) is 17.9 Å². The molecule has 5 nitrogen and oxygen atoms in total. The number of anilines is 1. The van der Waals surface area contributed by atoms with Crippen LogP contribution in [0.5, 0.6) is 5.75 Å². The Kier molecular flexibility index (Phi) is 9.80. The standard InChI is InChI=1S/C22H31N3O2.ClH/c1-6-19(24-20-10-12-23-13-11-20)15-27-21-9-7-8-18(14-21)22(26)25(16(2)3)17(4)5;/h7-14,16-17,19H,6,15H2,1-5H3,(H,23,24);1H. The lowest BCUT2D eigenvalue weighted by atomic mass is 10.1. The van der Waals surface area contributed by atoms with Crippen molar-refractivity contribution in [2.24, 2.45) is 0 Å². The van der Waals surface area contributed by atoms with Gasteiger partial charge in [-0.3, -0.25) is 9.78 Å². The van der Waals surface area contributed by atoms with E-state index < -0.39 is 0 Å². The summed E-state index contributed by atoms with van der Waals surface area (Å²) in [7, 11) is 0. The number of carbonyl (C=O) groups excluding carboxylic acids is 1. The summed E-state index contributed by atoms with van der Waals surface area (Å²) in [5.41, 5.74) is 1.68. The van der Waals surface area contributed by atoms with E-state index in [2.05, 4.69) is 17.2 Å². The van der Waals surface area contributed by atoms with Gasteiger partial charge in [-0.25, -0.2) is 0 Å². The van der Waals surface area contributed by atoms with E-state index >= 15 is 0 Å². The lowest BCUT2D eigenvalue weighted by Gasteiger charge is -2.31. The zero-order chi connectivity index (χ0) is 19.8. The van der Waals surface area contributed by atoms with Crippen LogP contribution in [0.15, 0.2) is 48.8 Å². The van der Waals surface area contributed by atoms with E-state index in [-0.39, 0.29) is 36.4 Å². The van der Waals surface area contributed by atoms with Crippen molar-refractivity contribution >= 4 is 24.0 Å². The molecule has 2 rings (SSSR count). The summed E-state index contributed by atoms with van der Waals surface area (Å²) >= 11 is 0. The molecule has 0 fully saturated rings. The van der Waals surface area contributed by atoms with Crippen LogP contribution in [0.3, 0.4) is 0 Å². The van der Waals surface area contributed by atoms with Crippen LogP contribution in [0.25, 0.3) is 0 Å². The summed E-state index contributed by atoms with van der Waals surface area (Å²) in [5.74, 6) is 0.746. The van der Waals surface area contributed by atoms with Gasteiger partial charge in [-0.05, 0) is 64.4 Å². The zero-order valence-electron chi connectivity index (χ0n) is 17.4. The summed E-state index contributed by atoms with van der Waals surface area (Å²) in [6.45, 7) is 10.8. The topological polar surface area (TPSA) is 54.5 Å². The van der Waals surface area contributed by atoms with E-state index in [4.69, 9.17) is 4.74 Å². The van der Waals surface area contributed by atoms with Crippen molar-refractivity contribution in [1.82, 2.24) is 9.88 Å². The second-order valence-electron chi connectivity index (χ2n) is 7.22. The highest BCUT2D eigenvalue weighted by molar-refractivity contribution is 5.95. The van der Waals surface area contributed by atoms with Crippen LogP contribution >= 0.6 is 12.4 Å². The predicted molar refractivity (Wildman–Crippen MR) is 118 cm³/mol. The van der Waals surface area contributed by atoms with Gasteiger partial charge in [0.2, 0.25) is 0 Å². The van der Waals surface area contributed by atoms with E-state index in [1.54, 1.807) is 12.4 Å². The first-order chi connectivity index (χ1) is 12.9. The number of hydrogen-bond donors (Lipinski definition) is 1. The van der Waals surface area contributed by atoms with Gasteiger partial charge < -0.3 is 15.0 Å². The van der Waals surface area contributed by atoms with Gasteiger partial charge in [0, 0.05) is 35.7 Å². The summed E-state index contributed by atoms with van der Waals surface area (Å²) in [6, 6.07) is 11.8. The van der Waals surface area contributed by atoms with Crippen LogP contribution in [0.1, 0.15) is 51.4 Å². The highest BCUT2D eigenvalue weighted by atomic mass is 35.5. The summed E-state index contributed by atoms with van der Waals surface area (Å²) in [6.07, 6.45) is 4.45. The number of rotatable bonds is 9. The van der Waals surface area contributed by atoms with Crippen molar-refractivity contribution < 1.29 is 9.53 Å². The third-order valence-corrected chi connectivity index (χ3v) is 4.42. The average Bonchev–Trinajstić information content (AvgIpc) is 2.65. The van der Waals surface area contributed by atoms with Gasteiger partial charge in [-0.2, -0.15) is 0 Å². The predicted octanol–water partition coefficient (Wildman–Crippen LogP) is 5.03. The van der Waals surface area contributed by atoms with Crippen molar-refractivity contribution in [1.29, 1.82) is 0 Å². The first-order valence-corrected chi connectivity index (χ1v) is 9.64. The first-order valence-electron chi connectivity index (χ1n) is 9.64. The van der Waals surface area contributed by atoms with Crippen LogP contribution in [0.2, 0.25) is 0 Å². The van der Waals surface area contributed by atoms with Crippen LogP contribution in [-0.2, 0) is 0 Å². The summed E-state index contributed by atoms with van der Waals surface area (Å²) < 4.78 is 5.97. The van der Waals surface area contributed by atoms with Crippen LogP contribution < -0.4 is 10.1 Å². The molecule has 1 atom stereocenters. The van der Waals surface area contributed by atoms with Crippen molar-refractivity contribution in [2.45, 2.75) is 59.2 Å². The molecular formula is C22H32ClN3O2. The molecular weight excluding hydrogens is 374 g/mol. The Labute approximate surface area is 174 Å². The van der Waals surface area contributed by atoms with Gasteiger partial charge in [0.25, 0.3) is 5.91 Å². The Morgan fingerprint density at radius 2 is 1.75 bits per heavy atom. The monoisotopic (exact) mass is 405 g/mol. The maximum atomic E-state index is 12.9. The van der Waals surface area contributed by atoms with Gasteiger partial charge in [0.05, 0.1) is 6.04 Å². The van der Waals surface area contributed by atoms with Crippen LogP contribution in [-0.4, -0.2) is 40.5 Å². The maximum Gasteiger partial charge on any atom is 0.254 e. The molecule has 0 saturated carbocycles. The second-order valence-corrected chi connectivity index (χ2v) is 7.22. The quantitative estimate of drug-likeness (QED) is 0.635. The van der Waals surface area contributed by atoms with Gasteiger partial charge in [0.15, 0.2) is 0 Å². The smallest absolute Gasteiger partial charge is 0.254 e. The number of nitrogens with one attached hydrogen (secondary N) is 1. The number of benzene rings is 1. The molecule has 154 valence electrons. The molecule has 0 spiro atoms. The number of aromatic nitrogens is 1. The second kappa shape index (κ2) is 11.5. The van der Waals surface area contributed by atoms with E-state index in [1.807, 2.05) is 69.0 Å². The minimum atomic E-state index is 0. The average molecular weight is 406 g/mol. The van der Waals surface area contributed by atoms with Gasteiger partial charge in [0.1, 0.15) is 12.4 Å². The molecule has 0 bridgehead atoms. The minimum Gasteiger partial charge on any atom is -0.491 e. The lowest BCUT2D eigenvalue weighted by molar-refractivity contribution is 0.0643. The SMILES string of the molecule is CCC(COc1cccc(C(=O)N(C(C)C)C(C)C)c1)Nc1ccncc1.Cl. The maximum absolute atomic E-state index is 12.9. The molecule has 0 aliphatic heterocycles. The molecule has 1 unspecified atom stereocenters. The fourth-order valence-corrected chi connectivity index (χ4v) is 3.08. The Hall–Kier alpha value is -2.27. The fraction of sp³-hybridized carbons (Fsp3) is 0.455. The summed E-state index contributed by atoms with van der Waals surface area (Å²) in [5, 5.41) is 3.44. The molecule has 0 aliphatic rings. The Morgan fingerprint density at radius 1 is 1.11 bits per heavy atom. The molecule has 0 saturated heterocycles. The van der Waals surface area contributed by atoms with Crippen molar-refractivity contribution in [3.8, 4) is 5.75 Å². The molecule has 1 N–H and O–H groups in total. The zero-order valence-corrected chi connectivity index (χ0v) is 18.2. The molecule has 1 aromatic heterocycles. The number of ether oxygens (including phenoxy) is 1. The lowest BCUT2D eigenvalue weighted by Crippen LogP contribution is -2.42. The molecule has 1 aromatic carbocycles.